The summed E-state index contributed by atoms with van der Waals surface area (Å²) in [5.74, 6) is -0.301. The van der Waals surface area contributed by atoms with Crippen LogP contribution in [0.4, 0.5) is 0 Å². The molecule has 0 aliphatic carbocycles. The van der Waals surface area contributed by atoms with Gasteiger partial charge in [0.1, 0.15) is 11.8 Å². The van der Waals surface area contributed by atoms with E-state index in [1.807, 2.05) is 84.9 Å². The number of nitrogens with two attached hydrogens (primary N) is 1. The number of phenolic OH excluding ortho intramolecular Hbond substituents is 1. The van der Waals surface area contributed by atoms with E-state index in [0.717, 1.165) is 28.3 Å². The van der Waals surface area contributed by atoms with Crippen molar-refractivity contribution in [1.29, 1.82) is 0 Å². The monoisotopic (exact) mass is 617 g/mol. The summed E-state index contributed by atoms with van der Waals surface area (Å²) in [5, 5.41) is 11.8. The van der Waals surface area contributed by atoms with Gasteiger partial charge in [-0.3, -0.25) is 34.5 Å². The van der Waals surface area contributed by atoms with Crippen molar-refractivity contribution in [2.45, 2.75) is 51.7 Å². The Morgan fingerprint density at radius 2 is 1.04 bits per heavy atom. The number of phenols is 1. The van der Waals surface area contributed by atoms with Crippen molar-refractivity contribution in [2.24, 2.45) is 5.73 Å². The van der Waals surface area contributed by atoms with Crippen LogP contribution in [-0.2, 0) is 55.2 Å². The summed E-state index contributed by atoms with van der Waals surface area (Å²) in [6.45, 7) is 3.00. The van der Waals surface area contributed by atoms with Crippen molar-refractivity contribution in [3.8, 4) is 5.75 Å². The normalized spacial score (nSPS) is 11.9. The molecule has 0 radical (unpaired) electrons. The van der Waals surface area contributed by atoms with Crippen molar-refractivity contribution in [3.05, 3.63) is 149 Å². The third-order valence-electron chi connectivity index (χ3n) is 7.52. The lowest BCUT2D eigenvalue weighted by molar-refractivity contribution is -0.142. The number of carbonyl (C=O) groups is 1. The van der Waals surface area contributed by atoms with Gasteiger partial charge in [-0.05, 0) is 60.5 Å². The van der Waals surface area contributed by atoms with Crippen LogP contribution in [0.15, 0.2) is 110 Å². The highest BCUT2D eigenvalue weighted by atomic mass is 16.5. The summed E-state index contributed by atoms with van der Waals surface area (Å²) < 4.78 is 4.91. The predicted molar refractivity (Wildman–Crippen MR) is 175 cm³/mol. The minimum atomic E-state index is -0.841. The van der Waals surface area contributed by atoms with Gasteiger partial charge in [-0.2, -0.15) is 0 Å². The van der Waals surface area contributed by atoms with E-state index in [2.05, 4.69) is 29.7 Å². The molecule has 4 heterocycles. The molecular weight excluding hydrogens is 578 g/mol. The molecule has 236 valence electrons. The molecule has 5 rings (SSSR count). The number of aromatic hydroxyl groups is 1. The van der Waals surface area contributed by atoms with E-state index in [4.69, 9.17) is 10.5 Å². The Bertz CT molecular complexity index is 1470. The van der Waals surface area contributed by atoms with Crippen LogP contribution >= 0.6 is 0 Å². The van der Waals surface area contributed by atoms with Gasteiger partial charge in [-0.25, -0.2) is 0 Å². The minimum absolute atomic E-state index is 0.189. The van der Waals surface area contributed by atoms with Crippen LogP contribution in [0, 0.1) is 0 Å². The molecule has 10 heteroatoms. The average molecular weight is 618 g/mol. The maximum atomic E-state index is 12.3. The Balaban J connectivity index is 1.49. The molecule has 1 atom stereocenters. The van der Waals surface area contributed by atoms with Crippen molar-refractivity contribution in [3.63, 3.8) is 0 Å². The lowest BCUT2D eigenvalue weighted by Crippen LogP contribution is -2.33. The van der Waals surface area contributed by atoms with E-state index in [9.17, 15) is 9.90 Å². The molecule has 3 N–H and O–H groups in total. The molecule has 0 amide bonds. The molecule has 0 bridgehead atoms. The largest absolute Gasteiger partial charge is 0.507 e. The molecule has 1 aromatic carbocycles. The van der Waals surface area contributed by atoms with Crippen molar-refractivity contribution < 1.29 is 14.6 Å². The fourth-order valence-electron chi connectivity index (χ4n) is 5.38. The zero-order valence-electron chi connectivity index (χ0n) is 25.9. The van der Waals surface area contributed by atoms with E-state index in [-0.39, 0.29) is 12.2 Å². The number of pyridine rings is 4. The molecule has 46 heavy (non-hydrogen) atoms. The van der Waals surface area contributed by atoms with Crippen LogP contribution in [0.1, 0.15) is 39.5 Å². The Hall–Kier alpha value is -5.03. The Labute approximate surface area is 269 Å². The first kappa shape index (κ1) is 32.4. The van der Waals surface area contributed by atoms with Gasteiger partial charge < -0.3 is 15.6 Å². The summed E-state index contributed by atoms with van der Waals surface area (Å²) in [6.07, 6.45) is 7.35. The zero-order valence-corrected chi connectivity index (χ0v) is 25.9. The second-order valence-electron chi connectivity index (χ2n) is 11.2. The van der Waals surface area contributed by atoms with Crippen LogP contribution in [0.3, 0.4) is 0 Å². The number of methoxy groups -OCH3 is 1. The first-order valence-electron chi connectivity index (χ1n) is 15.2. The number of rotatable bonds is 15. The lowest BCUT2D eigenvalue weighted by Gasteiger charge is -2.26. The second kappa shape index (κ2) is 16.3. The van der Waals surface area contributed by atoms with Crippen LogP contribution in [-0.4, -0.2) is 54.0 Å². The first-order chi connectivity index (χ1) is 22.5. The van der Waals surface area contributed by atoms with Gasteiger partial charge in [0.2, 0.25) is 0 Å². The second-order valence-corrected chi connectivity index (χ2v) is 11.2. The SMILES string of the molecule is COC(=O)[C@@H](N)Cc1cc(CN(Cc2ccccn2)Cc2ccccn2)c(O)c(CN(Cc2ccccn2)Cc2ccccn2)c1. The number of carbonyl (C=O) groups excluding carboxylic acids is 1. The van der Waals surface area contributed by atoms with Gasteiger partial charge in [-0.1, -0.05) is 36.4 Å². The van der Waals surface area contributed by atoms with Gasteiger partial charge in [0.25, 0.3) is 0 Å². The van der Waals surface area contributed by atoms with E-state index < -0.39 is 12.0 Å². The fraction of sp³-hybridized carbons (Fsp3) is 0.250. The predicted octanol–water partition coefficient (Wildman–Crippen LogP) is 4.42. The van der Waals surface area contributed by atoms with Gasteiger partial charge in [0.15, 0.2) is 0 Å². The van der Waals surface area contributed by atoms with Crippen molar-refractivity contribution in [1.82, 2.24) is 29.7 Å². The summed E-state index contributed by atoms with van der Waals surface area (Å²) >= 11 is 0. The van der Waals surface area contributed by atoms with Crippen molar-refractivity contribution in [2.75, 3.05) is 7.11 Å². The number of nitrogens with zero attached hydrogens (tertiary/aromatic N) is 6. The summed E-state index contributed by atoms with van der Waals surface area (Å²) in [7, 11) is 1.33. The third-order valence-corrected chi connectivity index (χ3v) is 7.52. The molecule has 4 aromatic heterocycles. The molecule has 0 unspecified atom stereocenters. The van der Waals surface area contributed by atoms with Gasteiger partial charge in [0, 0.05) is 75.2 Å². The Morgan fingerprint density at radius 3 is 1.35 bits per heavy atom. The first-order valence-corrected chi connectivity index (χ1v) is 15.2. The van der Waals surface area contributed by atoms with Gasteiger partial charge >= 0.3 is 5.97 Å². The Kier molecular flexibility index (Phi) is 11.5. The Morgan fingerprint density at radius 1 is 0.674 bits per heavy atom. The van der Waals surface area contributed by atoms with Crippen LogP contribution < -0.4 is 5.73 Å². The van der Waals surface area contributed by atoms with Gasteiger partial charge in [0.05, 0.1) is 29.9 Å². The number of aromatic nitrogens is 4. The highest BCUT2D eigenvalue weighted by Crippen LogP contribution is 2.30. The topological polar surface area (TPSA) is 131 Å². The quantitative estimate of drug-likeness (QED) is 0.163. The van der Waals surface area contributed by atoms with E-state index >= 15 is 0 Å². The molecule has 0 aliphatic heterocycles. The standard InChI is InChI=1S/C36H39N7O3/c1-46-36(45)34(37)20-27-18-28(21-42(23-30-10-2-6-14-38-30)24-31-11-3-7-15-39-31)35(44)29(19-27)22-43(25-32-12-4-8-16-40-32)26-33-13-5-9-17-41-33/h2-19,34,44H,20-26,37H2,1H3/t34-/m0/s1. The average Bonchev–Trinajstić information content (AvgIpc) is 3.08. The molecule has 10 nitrogen and oxygen atoms in total. The molecule has 5 aromatic rings. The zero-order chi connectivity index (χ0) is 32.1. The number of hydrogen-bond acceptors (Lipinski definition) is 10. The minimum Gasteiger partial charge on any atom is -0.507 e. The van der Waals surface area contributed by atoms with Crippen LogP contribution in [0.2, 0.25) is 0 Å². The molecule has 0 spiro atoms. The molecular formula is C36H39N7O3. The van der Waals surface area contributed by atoms with E-state index in [1.165, 1.54) is 7.11 Å². The molecule has 0 aliphatic rings. The maximum Gasteiger partial charge on any atom is 0.322 e. The number of hydrogen-bond donors (Lipinski definition) is 2. The number of benzene rings is 1. The highest BCUT2D eigenvalue weighted by Gasteiger charge is 2.21. The smallest absolute Gasteiger partial charge is 0.322 e. The van der Waals surface area contributed by atoms with Crippen LogP contribution in [0.25, 0.3) is 0 Å². The molecule has 0 saturated carbocycles. The summed E-state index contributed by atoms with van der Waals surface area (Å²) in [4.78, 5) is 34.8. The highest BCUT2D eigenvalue weighted by molar-refractivity contribution is 5.75. The van der Waals surface area contributed by atoms with Gasteiger partial charge in [-0.15, -0.1) is 0 Å². The number of esters is 1. The van der Waals surface area contributed by atoms with E-state index in [0.29, 0.717) is 50.4 Å². The van der Waals surface area contributed by atoms with Crippen molar-refractivity contribution >= 4 is 5.97 Å². The van der Waals surface area contributed by atoms with Crippen LogP contribution in [0.5, 0.6) is 5.75 Å². The number of ether oxygens (including phenoxy) is 1. The molecule has 0 saturated heterocycles. The maximum absolute atomic E-state index is 12.3. The summed E-state index contributed by atoms with van der Waals surface area (Å²) in [5.41, 5.74) is 12.1. The third kappa shape index (κ3) is 9.48. The van der Waals surface area contributed by atoms with E-state index in [1.54, 1.807) is 24.8 Å². The lowest BCUT2D eigenvalue weighted by atomic mass is 9.98. The molecule has 0 fully saturated rings. The fourth-order valence-corrected chi connectivity index (χ4v) is 5.38. The summed E-state index contributed by atoms with van der Waals surface area (Å²) in [6, 6.07) is 26.3.